The standard InChI is InChI=1S/C8H14O2.C5H12N2.C5H11N.2C4H9NO.C4H8O.C4H6O.C3H4O2.6CH4/c1-7(2)6(9)5-10-8(7,3)4;1-6-3-4-7(2)5-6;1-5(2)4-6(5)3;1-5-2-3-6-4-5;1-2-5-4-6-3-1;1-4(2)3-5-4;1-4-2-3-5-4;4-3-1-5-2-3;;;;;;/h5H2,1-4H3;3-5H2,1-2H3;4H2,1-3H3;2-4H2,1H3;5H,1-4H2;3H2,1-2H3;1-3H2;1-2H2;6*1H4. The Labute approximate surface area is 348 Å². The lowest BCUT2D eigenvalue weighted by molar-refractivity contribution is -0.140. The van der Waals surface area contributed by atoms with Gasteiger partial charge in [-0.25, -0.2) is 0 Å². The molecule has 0 aliphatic carbocycles. The van der Waals surface area contributed by atoms with Gasteiger partial charge in [-0.15, -0.1) is 0 Å². The zero-order valence-corrected chi connectivity index (χ0v) is 33.8. The molecule has 8 saturated heterocycles. The molecular weight excluding hydrogens is 714 g/mol. The lowest BCUT2D eigenvalue weighted by atomic mass is 9.76. The summed E-state index contributed by atoms with van der Waals surface area (Å²) in [5.41, 5.74) is 0.192. The van der Waals surface area contributed by atoms with E-state index < -0.39 is 0 Å². The molecule has 0 spiro atoms. The van der Waals surface area contributed by atoms with E-state index in [4.69, 9.17) is 23.7 Å². The van der Waals surface area contributed by atoms with Crippen molar-refractivity contribution in [2.24, 2.45) is 5.41 Å². The maximum absolute atomic E-state index is 11.2. The molecule has 0 aromatic heterocycles. The monoisotopic (exact) mass is 812 g/mol. The van der Waals surface area contributed by atoms with Gasteiger partial charge in [-0.2, -0.15) is 0 Å². The Hall–Kier alpha value is -1.52. The maximum Gasteiger partial charge on any atom is 0.184 e. The van der Waals surface area contributed by atoms with E-state index in [0.717, 1.165) is 71.8 Å². The van der Waals surface area contributed by atoms with Crippen molar-refractivity contribution >= 4 is 11.6 Å². The first-order valence-electron chi connectivity index (χ1n) is 18.0. The Bertz CT molecular complexity index is 941. The SMILES string of the molecule is C.C.C.C.C.C.C1CNCOC1.C=C1CCO1.CC1(C)CO1.CC1(C)OCC(=O)C1(C)C.CN1CC1(C)C.CN1CCN(C)C1.CN1CCOC1.O=C1COC1. The first-order chi connectivity index (χ1) is 23.2. The molecule has 8 aliphatic heterocycles. The molecule has 0 saturated carbocycles. The smallest absolute Gasteiger partial charge is 0.184 e. The summed E-state index contributed by atoms with van der Waals surface area (Å²) < 4.78 is 29.4. The van der Waals surface area contributed by atoms with Crippen LogP contribution in [-0.4, -0.2) is 175 Å². The summed E-state index contributed by atoms with van der Waals surface area (Å²) in [7, 11) is 8.47. The van der Waals surface area contributed by atoms with E-state index in [2.05, 4.69) is 85.1 Å². The van der Waals surface area contributed by atoms with Crippen LogP contribution in [0.25, 0.3) is 0 Å². The molecule has 56 heavy (non-hydrogen) atoms. The van der Waals surface area contributed by atoms with E-state index in [1.807, 2.05) is 34.7 Å². The number of carbonyl (C=O) groups excluding carboxylic acids is 2. The molecule has 0 bridgehead atoms. The van der Waals surface area contributed by atoms with Gasteiger partial charge in [-0.3, -0.25) is 34.5 Å². The van der Waals surface area contributed by atoms with Crippen molar-refractivity contribution in [3.05, 3.63) is 12.3 Å². The lowest BCUT2D eigenvalue weighted by Gasteiger charge is -2.30. The highest BCUT2D eigenvalue weighted by molar-refractivity contribution is 5.88. The largest absolute Gasteiger partial charge is 0.498 e. The van der Waals surface area contributed by atoms with Crippen LogP contribution >= 0.6 is 0 Å². The van der Waals surface area contributed by atoms with Gasteiger partial charge in [-0.05, 0) is 82.7 Å². The fraction of sp³-hybridized carbons (Fsp3) is 0.907. The number of hydrogen-bond donors (Lipinski definition) is 1. The highest BCUT2D eigenvalue weighted by atomic mass is 16.6. The zero-order chi connectivity index (χ0) is 38.0. The van der Waals surface area contributed by atoms with E-state index in [9.17, 15) is 9.59 Å². The zero-order valence-electron chi connectivity index (χ0n) is 33.8. The minimum Gasteiger partial charge on any atom is -0.498 e. The van der Waals surface area contributed by atoms with E-state index >= 15 is 0 Å². The Morgan fingerprint density at radius 3 is 1.20 bits per heavy atom. The summed E-state index contributed by atoms with van der Waals surface area (Å²) in [6.07, 6.45) is 2.24. The van der Waals surface area contributed by atoms with Crippen molar-refractivity contribution in [1.82, 2.24) is 24.9 Å². The molecular formula is C43H97N5O8. The van der Waals surface area contributed by atoms with Gasteiger partial charge in [0.05, 0.1) is 62.3 Å². The van der Waals surface area contributed by atoms with Gasteiger partial charge in [0.15, 0.2) is 11.6 Å². The van der Waals surface area contributed by atoms with Crippen LogP contribution in [0.3, 0.4) is 0 Å². The van der Waals surface area contributed by atoms with Gasteiger partial charge >= 0.3 is 0 Å². The van der Waals surface area contributed by atoms with Crippen molar-refractivity contribution < 1.29 is 38.0 Å². The number of carbonyl (C=O) groups is 2. The van der Waals surface area contributed by atoms with Crippen molar-refractivity contribution in [3.63, 3.8) is 0 Å². The minimum absolute atomic E-state index is 0. The van der Waals surface area contributed by atoms with Gasteiger partial charge in [0.25, 0.3) is 0 Å². The Balaban J connectivity index is -0.000000127. The minimum atomic E-state index is -0.312. The fourth-order valence-electron chi connectivity index (χ4n) is 3.98. The van der Waals surface area contributed by atoms with Crippen LogP contribution < -0.4 is 5.32 Å². The molecule has 1 N–H and O–H groups in total. The average molecular weight is 812 g/mol. The molecule has 13 heteroatoms. The second kappa shape index (κ2) is 32.3. The van der Waals surface area contributed by atoms with Gasteiger partial charge in [0, 0.05) is 44.7 Å². The molecule has 8 heterocycles. The third-order valence-corrected chi connectivity index (χ3v) is 9.38. The van der Waals surface area contributed by atoms with Crippen molar-refractivity contribution in [2.75, 3.05) is 127 Å². The van der Waals surface area contributed by atoms with Crippen LogP contribution in [0.4, 0.5) is 0 Å². The predicted molar refractivity (Wildman–Crippen MR) is 238 cm³/mol. The molecule has 0 radical (unpaired) electrons. The quantitative estimate of drug-likeness (QED) is 0.256. The Kier molecular flexibility index (Phi) is 38.3. The number of epoxide rings is 1. The molecule has 1 unspecified atom stereocenters. The highest BCUT2D eigenvalue weighted by Crippen LogP contribution is 2.39. The normalized spacial score (nSPS) is 24.5. The fourth-order valence-corrected chi connectivity index (χ4v) is 3.98. The first kappa shape index (κ1) is 66.3. The number of nitrogens with one attached hydrogen (secondary N) is 1. The third kappa shape index (κ3) is 30.5. The summed E-state index contributed by atoms with van der Waals surface area (Å²) in [4.78, 5) is 30.0. The van der Waals surface area contributed by atoms with Gasteiger partial charge in [0.1, 0.15) is 19.8 Å². The van der Waals surface area contributed by atoms with Crippen molar-refractivity contribution in [1.29, 1.82) is 0 Å². The van der Waals surface area contributed by atoms with Gasteiger partial charge < -0.3 is 28.4 Å². The van der Waals surface area contributed by atoms with Crippen LogP contribution in [0.5, 0.6) is 0 Å². The van der Waals surface area contributed by atoms with Crippen LogP contribution in [0.1, 0.15) is 113 Å². The summed E-state index contributed by atoms with van der Waals surface area (Å²) in [6, 6.07) is 0. The molecule has 342 valence electrons. The van der Waals surface area contributed by atoms with Crippen LogP contribution in [-0.2, 0) is 38.0 Å². The van der Waals surface area contributed by atoms with E-state index in [-0.39, 0.29) is 79.4 Å². The average Bonchev–Trinajstić information content (AvgIpc) is 3.60. The predicted octanol–water partition coefficient (Wildman–Crippen LogP) is 6.90. The Morgan fingerprint density at radius 1 is 0.679 bits per heavy atom. The summed E-state index contributed by atoms with van der Waals surface area (Å²) in [5, 5.41) is 3.06. The third-order valence-electron chi connectivity index (χ3n) is 9.38. The number of Topliss-reactive ketones (excluding diaryl/α,β-unsaturated/α-hetero) is 2. The van der Waals surface area contributed by atoms with E-state index in [1.165, 1.54) is 26.1 Å². The van der Waals surface area contributed by atoms with Crippen LogP contribution in [0, 0.1) is 5.41 Å². The van der Waals surface area contributed by atoms with Crippen LogP contribution in [0.15, 0.2) is 12.3 Å². The summed E-state index contributed by atoms with van der Waals surface area (Å²) in [6.45, 7) is 33.3. The number of nitrogens with zero attached hydrogens (tertiary/aromatic N) is 4. The maximum atomic E-state index is 11.2. The second-order valence-electron chi connectivity index (χ2n) is 16.1. The van der Waals surface area contributed by atoms with Crippen molar-refractivity contribution in [3.8, 4) is 0 Å². The molecule has 0 aromatic carbocycles. The van der Waals surface area contributed by atoms with Gasteiger partial charge in [0.2, 0.25) is 0 Å². The summed E-state index contributed by atoms with van der Waals surface area (Å²) in [5.74, 6) is 1.35. The first-order valence-corrected chi connectivity index (χ1v) is 18.0. The molecule has 13 nitrogen and oxygen atoms in total. The topological polar surface area (TPSA) is 118 Å². The number of ketones is 2. The molecule has 8 aliphatic rings. The molecule has 8 fully saturated rings. The number of rotatable bonds is 0. The van der Waals surface area contributed by atoms with Gasteiger partial charge in [-0.1, -0.05) is 65.0 Å². The molecule has 8 rings (SSSR count). The molecule has 0 amide bonds. The second-order valence-corrected chi connectivity index (χ2v) is 16.1. The highest BCUT2D eigenvalue weighted by Gasteiger charge is 2.49. The van der Waals surface area contributed by atoms with E-state index in [1.54, 1.807) is 0 Å². The van der Waals surface area contributed by atoms with Crippen molar-refractivity contribution in [2.45, 2.75) is 130 Å². The number of hydrogen-bond acceptors (Lipinski definition) is 13. The Morgan fingerprint density at radius 2 is 1.12 bits per heavy atom. The summed E-state index contributed by atoms with van der Waals surface area (Å²) >= 11 is 0. The lowest BCUT2D eigenvalue weighted by Crippen LogP contribution is -2.38. The molecule has 0 aromatic rings. The van der Waals surface area contributed by atoms with Crippen LogP contribution in [0.2, 0.25) is 0 Å². The number of likely N-dealkylation sites (N-methyl/N-ethyl adjacent to an activating group) is 4. The van der Waals surface area contributed by atoms with E-state index in [0.29, 0.717) is 18.8 Å². The molecule has 1 atom stereocenters. The number of ether oxygens (including phenoxy) is 6.